The summed E-state index contributed by atoms with van der Waals surface area (Å²) >= 11 is 12.4. The summed E-state index contributed by atoms with van der Waals surface area (Å²) < 4.78 is 10.6. The minimum absolute atomic E-state index is 0.00454. The van der Waals surface area contributed by atoms with Gasteiger partial charge in [0, 0.05) is 29.6 Å². The number of ether oxygens (including phenoxy) is 1. The van der Waals surface area contributed by atoms with E-state index in [1.165, 1.54) is 29.4 Å². The standard InChI is InChI=1S/C26H21Cl2N5O5/c1-3-37-22(34)21-13-38-24(30-21)32-12-20(16-6-4-15(11-29)5-7-16)26(14-32)23(35)33(25(36)31(26)2)19-9-17(27)8-18(28)10-19/h4-10,13,20H,3,12,14H2,1-2H3/t20-,26+/m0/s1. The number of rotatable bonds is 5. The number of nitriles is 1. The summed E-state index contributed by atoms with van der Waals surface area (Å²) in [6, 6.07) is 13.0. The molecular formula is C26H21Cl2N5O5. The third kappa shape index (κ3) is 4.04. The molecule has 2 saturated heterocycles. The van der Waals surface area contributed by atoms with E-state index in [0.29, 0.717) is 5.56 Å². The first-order valence-corrected chi connectivity index (χ1v) is 12.4. The molecule has 2 aromatic carbocycles. The van der Waals surface area contributed by atoms with E-state index in [0.717, 1.165) is 10.5 Å². The summed E-state index contributed by atoms with van der Waals surface area (Å²) in [5.74, 6) is -1.64. The Morgan fingerprint density at radius 2 is 1.89 bits per heavy atom. The Morgan fingerprint density at radius 1 is 1.21 bits per heavy atom. The maximum atomic E-state index is 14.2. The molecule has 0 bridgehead atoms. The molecule has 3 heterocycles. The van der Waals surface area contributed by atoms with Crippen LogP contribution in [0.1, 0.15) is 34.5 Å². The number of imide groups is 1. The van der Waals surface area contributed by atoms with Gasteiger partial charge in [-0.05, 0) is 42.8 Å². The summed E-state index contributed by atoms with van der Waals surface area (Å²) in [4.78, 5) is 48.4. The second kappa shape index (κ2) is 9.67. The molecule has 1 aromatic heterocycles. The van der Waals surface area contributed by atoms with Gasteiger partial charge >= 0.3 is 12.0 Å². The third-order valence-electron chi connectivity index (χ3n) is 6.86. The molecule has 0 N–H and O–H groups in total. The van der Waals surface area contributed by atoms with Gasteiger partial charge in [-0.15, -0.1) is 0 Å². The molecule has 5 rings (SSSR count). The number of halogens is 2. The molecule has 12 heteroatoms. The minimum Gasteiger partial charge on any atom is -0.461 e. The maximum Gasteiger partial charge on any atom is 0.360 e. The SMILES string of the molecule is CCOC(=O)c1coc(N2C[C@@H](c3ccc(C#N)cc3)[C@]3(C2)C(=O)N(c2cc(Cl)cc(Cl)c2)C(=O)N3C)n1. The van der Waals surface area contributed by atoms with Crippen LogP contribution in [0, 0.1) is 11.3 Å². The van der Waals surface area contributed by atoms with E-state index in [1.807, 2.05) is 0 Å². The van der Waals surface area contributed by atoms with E-state index >= 15 is 0 Å². The highest BCUT2D eigenvalue weighted by atomic mass is 35.5. The largest absolute Gasteiger partial charge is 0.461 e. The quantitative estimate of drug-likeness (QED) is 0.335. The van der Waals surface area contributed by atoms with Crippen LogP contribution in [0.3, 0.4) is 0 Å². The molecule has 2 fully saturated rings. The second-order valence-corrected chi connectivity index (χ2v) is 9.81. The number of benzene rings is 2. The fourth-order valence-corrected chi connectivity index (χ4v) is 5.57. The number of aromatic nitrogens is 1. The van der Waals surface area contributed by atoms with Gasteiger partial charge in [0.25, 0.3) is 11.9 Å². The molecular weight excluding hydrogens is 533 g/mol. The van der Waals surface area contributed by atoms with Crippen molar-refractivity contribution < 1.29 is 23.5 Å². The van der Waals surface area contributed by atoms with Crippen LogP contribution in [0.15, 0.2) is 53.1 Å². The molecule has 2 aliphatic rings. The van der Waals surface area contributed by atoms with E-state index in [9.17, 15) is 19.6 Å². The number of hydrogen-bond acceptors (Lipinski definition) is 8. The zero-order valence-corrected chi connectivity index (χ0v) is 21.9. The van der Waals surface area contributed by atoms with Crippen molar-refractivity contribution in [1.82, 2.24) is 9.88 Å². The van der Waals surface area contributed by atoms with Crippen LogP contribution in [0.2, 0.25) is 10.0 Å². The number of nitrogens with zero attached hydrogens (tertiary/aromatic N) is 5. The number of urea groups is 1. The number of likely N-dealkylation sites (N-methyl/N-ethyl adjacent to an activating group) is 1. The van der Waals surface area contributed by atoms with Gasteiger partial charge in [-0.25, -0.2) is 14.5 Å². The Kier molecular flexibility index (Phi) is 6.51. The lowest BCUT2D eigenvalue weighted by atomic mass is 9.80. The van der Waals surface area contributed by atoms with Crippen molar-refractivity contribution >= 4 is 52.8 Å². The first-order chi connectivity index (χ1) is 18.2. The summed E-state index contributed by atoms with van der Waals surface area (Å²) in [5.41, 5.74) is 0.0806. The molecule has 2 aliphatic heterocycles. The summed E-state index contributed by atoms with van der Waals surface area (Å²) in [5, 5.41) is 9.80. The van der Waals surface area contributed by atoms with Gasteiger partial charge < -0.3 is 19.0 Å². The van der Waals surface area contributed by atoms with Crippen molar-refractivity contribution in [2.75, 3.05) is 36.5 Å². The normalized spacial score (nSPS) is 20.9. The third-order valence-corrected chi connectivity index (χ3v) is 7.29. The molecule has 194 valence electrons. The lowest BCUT2D eigenvalue weighted by Crippen LogP contribution is -2.53. The fourth-order valence-electron chi connectivity index (χ4n) is 5.06. The molecule has 1 spiro atoms. The predicted molar refractivity (Wildman–Crippen MR) is 138 cm³/mol. The zero-order valence-electron chi connectivity index (χ0n) is 20.4. The zero-order chi connectivity index (χ0) is 27.2. The van der Waals surface area contributed by atoms with Crippen LogP contribution < -0.4 is 9.80 Å². The van der Waals surface area contributed by atoms with Gasteiger partial charge in [0.05, 0.1) is 30.5 Å². The smallest absolute Gasteiger partial charge is 0.360 e. The molecule has 0 saturated carbocycles. The lowest BCUT2D eigenvalue weighted by Gasteiger charge is -2.33. The minimum atomic E-state index is -1.36. The first kappa shape index (κ1) is 25.6. The lowest BCUT2D eigenvalue weighted by molar-refractivity contribution is -0.124. The van der Waals surface area contributed by atoms with Gasteiger partial charge in [0.1, 0.15) is 11.8 Å². The summed E-state index contributed by atoms with van der Waals surface area (Å²) in [6.07, 6.45) is 1.20. The number of amides is 3. The van der Waals surface area contributed by atoms with Crippen LogP contribution in [-0.4, -0.2) is 60.1 Å². The van der Waals surface area contributed by atoms with E-state index < -0.39 is 29.4 Å². The summed E-state index contributed by atoms with van der Waals surface area (Å²) in [6.45, 7) is 2.14. The highest BCUT2D eigenvalue weighted by Gasteiger charge is 2.65. The van der Waals surface area contributed by atoms with Crippen molar-refractivity contribution in [3.05, 3.63) is 75.6 Å². The van der Waals surface area contributed by atoms with Crippen LogP contribution in [0.4, 0.5) is 16.5 Å². The van der Waals surface area contributed by atoms with Crippen molar-refractivity contribution in [3.8, 4) is 6.07 Å². The molecule has 0 aliphatic carbocycles. The van der Waals surface area contributed by atoms with E-state index in [-0.39, 0.29) is 47.1 Å². The highest BCUT2D eigenvalue weighted by molar-refractivity contribution is 6.35. The van der Waals surface area contributed by atoms with Crippen LogP contribution in [-0.2, 0) is 9.53 Å². The van der Waals surface area contributed by atoms with Gasteiger partial charge in [-0.1, -0.05) is 35.3 Å². The fraction of sp³-hybridized carbons (Fsp3) is 0.269. The Balaban J connectivity index is 1.59. The molecule has 0 unspecified atom stereocenters. The van der Waals surface area contributed by atoms with E-state index in [1.54, 1.807) is 43.1 Å². The Bertz CT molecular complexity index is 1460. The molecule has 10 nitrogen and oxygen atoms in total. The van der Waals surface area contributed by atoms with E-state index in [4.69, 9.17) is 32.4 Å². The monoisotopic (exact) mass is 553 g/mol. The topological polar surface area (TPSA) is 120 Å². The van der Waals surface area contributed by atoms with Crippen molar-refractivity contribution in [2.45, 2.75) is 18.4 Å². The number of carbonyl (C=O) groups excluding carboxylic acids is 3. The molecule has 3 amide bonds. The van der Waals surface area contributed by atoms with Gasteiger partial charge in [-0.2, -0.15) is 10.2 Å². The Hall–Kier alpha value is -4.07. The van der Waals surface area contributed by atoms with Gasteiger partial charge in [-0.3, -0.25) is 4.79 Å². The van der Waals surface area contributed by atoms with Gasteiger partial charge in [0.15, 0.2) is 5.69 Å². The van der Waals surface area contributed by atoms with Crippen molar-refractivity contribution in [1.29, 1.82) is 5.26 Å². The van der Waals surface area contributed by atoms with Crippen LogP contribution in [0.25, 0.3) is 0 Å². The van der Waals surface area contributed by atoms with Gasteiger partial charge in [0.2, 0.25) is 0 Å². The molecule has 3 aromatic rings. The number of oxazole rings is 1. The number of carbonyl (C=O) groups is 3. The average Bonchev–Trinajstić information content (AvgIpc) is 3.58. The van der Waals surface area contributed by atoms with Crippen molar-refractivity contribution in [2.24, 2.45) is 0 Å². The highest BCUT2D eigenvalue weighted by Crippen LogP contribution is 2.47. The van der Waals surface area contributed by atoms with E-state index in [2.05, 4.69) is 11.1 Å². The van der Waals surface area contributed by atoms with Crippen LogP contribution >= 0.6 is 23.2 Å². The molecule has 2 atom stereocenters. The second-order valence-electron chi connectivity index (χ2n) is 8.94. The Labute approximate surface area is 227 Å². The number of esters is 1. The van der Waals surface area contributed by atoms with Crippen LogP contribution in [0.5, 0.6) is 0 Å². The number of anilines is 2. The molecule has 0 radical (unpaired) electrons. The summed E-state index contributed by atoms with van der Waals surface area (Å²) in [7, 11) is 1.56. The molecule has 38 heavy (non-hydrogen) atoms. The maximum absolute atomic E-state index is 14.2. The predicted octanol–water partition coefficient (Wildman–Crippen LogP) is 4.47. The average molecular weight is 554 g/mol. The first-order valence-electron chi connectivity index (χ1n) is 11.7. The number of hydrogen-bond donors (Lipinski definition) is 0. The van der Waals surface area contributed by atoms with Crippen molar-refractivity contribution in [3.63, 3.8) is 0 Å². The Morgan fingerprint density at radius 3 is 2.53 bits per heavy atom.